The summed E-state index contributed by atoms with van der Waals surface area (Å²) in [5.41, 5.74) is 0.506. The highest BCUT2D eigenvalue weighted by Crippen LogP contribution is 2.43. The quantitative estimate of drug-likeness (QED) is 0.252. The average Bonchev–Trinajstić information content (AvgIpc) is 3.29. The number of aromatic nitrogens is 2. The van der Waals surface area contributed by atoms with E-state index in [0.717, 1.165) is 16.2 Å². The van der Waals surface area contributed by atoms with Crippen molar-refractivity contribution in [1.82, 2.24) is 19.8 Å². The number of anilines is 2. The molecule has 0 spiro atoms. The van der Waals surface area contributed by atoms with Gasteiger partial charge in [-0.3, -0.25) is 4.79 Å². The fourth-order valence-corrected chi connectivity index (χ4v) is 8.16. The van der Waals surface area contributed by atoms with Gasteiger partial charge in [-0.15, -0.1) is 16.4 Å². The molecule has 4 N–H and O–H groups in total. The number of hydrogen-bond acceptors (Lipinski definition) is 7. The Morgan fingerprint density at radius 2 is 1.95 bits per heavy atom. The summed E-state index contributed by atoms with van der Waals surface area (Å²) in [4.78, 5) is 13.2. The Labute approximate surface area is 230 Å². The predicted octanol–water partition coefficient (Wildman–Crippen LogP) is 3.00. The van der Waals surface area contributed by atoms with Gasteiger partial charge in [0.15, 0.2) is 5.11 Å². The summed E-state index contributed by atoms with van der Waals surface area (Å²) in [5, 5.41) is 12.7. The summed E-state index contributed by atoms with van der Waals surface area (Å²) in [6, 6.07) is 0.412. The van der Waals surface area contributed by atoms with Crippen molar-refractivity contribution < 1.29 is 35.5 Å². The van der Waals surface area contributed by atoms with Crippen LogP contribution in [0.5, 0.6) is 5.88 Å². The molecule has 2 saturated carbocycles. The van der Waals surface area contributed by atoms with Gasteiger partial charge in [-0.2, -0.15) is 8.78 Å². The number of hydrogen-bond donors (Lipinski definition) is 4. The largest absolute Gasteiger partial charge is 0.415 e. The lowest BCUT2D eigenvalue weighted by atomic mass is 9.92. The van der Waals surface area contributed by atoms with E-state index in [1.807, 2.05) is 0 Å². The first-order chi connectivity index (χ1) is 18.4. The lowest BCUT2D eigenvalue weighted by Gasteiger charge is -2.30. The molecule has 2 fully saturated rings. The van der Waals surface area contributed by atoms with E-state index in [0.29, 0.717) is 24.2 Å². The molecular weight excluding hydrogens is 584 g/mol. The highest BCUT2D eigenvalue weighted by molar-refractivity contribution is 7.90. The number of nitrogens with one attached hydrogen (secondary N) is 4. The normalized spacial score (nSPS) is 25.9. The van der Waals surface area contributed by atoms with Crippen LogP contribution in [0.15, 0.2) is 11.0 Å². The molecule has 0 aliphatic heterocycles. The molecule has 17 heteroatoms. The number of ether oxygens (including phenoxy) is 1. The summed E-state index contributed by atoms with van der Waals surface area (Å²) in [7, 11) is -2.61. The number of thiophene rings is 1. The molecule has 0 saturated heterocycles. The van der Waals surface area contributed by atoms with Crippen LogP contribution in [0.3, 0.4) is 0 Å². The molecule has 3 aliphatic rings. The number of alkyl halides is 4. The van der Waals surface area contributed by atoms with E-state index in [9.17, 15) is 30.8 Å². The lowest BCUT2D eigenvalue weighted by molar-refractivity contribution is -0.117. The van der Waals surface area contributed by atoms with Gasteiger partial charge in [0.2, 0.25) is 21.8 Å². The van der Waals surface area contributed by atoms with Gasteiger partial charge in [0.1, 0.15) is 28.1 Å². The van der Waals surface area contributed by atoms with Crippen LogP contribution < -0.4 is 25.4 Å². The first kappa shape index (κ1) is 28.0. The second kappa shape index (κ2) is 10.8. The van der Waals surface area contributed by atoms with Gasteiger partial charge in [0.05, 0.1) is 5.92 Å². The summed E-state index contributed by atoms with van der Waals surface area (Å²) in [5.74, 6) is -1.36. The van der Waals surface area contributed by atoms with Crippen LogP contribution in [0.4, 0.5) is 28.4 Å². The van der Waals surface area contributed by atoms with Crippen molar-refractivity contribution in [3.05, 3.63) is 16.5 Å². The topological polar surface area (TPSA) is 126 Å². The zero-order chi connectivity index (χ0) is 28.1. The van der Waals surface area contributed by atoms with Crippen molar-refractivity contribution in [2.75, 3.05) is 10.6 Å². The molecule has 3 aliphatic carbocycles. The van der Waals surface area contributed by atoms with Crippen LogP contribution in [0.2, 0.25) is 0 Å². The number of carbonyl (C=O) groups is 1. The third-order valence-electron chi connectivity index (χ3n) is 6.81. The maximum absolute atomic E-state index is 13.5. The van der Waals surface area contributed by atoms with E-state index in [1.54, 1.807) is 0 Å². The van der Waals surface area contributed by atoms with E-state index >= 15 is 0 Å². The van der Waals surface area contributed by atoms with E-state index < -0.39 is 46.8 Å². The molecule has 5 rings (SSSR count). The van der Waals surface area contributed by atoms with Crippen LogP contribution in [0.1, 0.15) is 36.1 Å². The second-order valence-electron chi connectivity index (χ2n) is 9.80. The van der Waals surface area contributed by atoms with Crippen LogP contribution in [0.25, 0.3) is 0 Å². The van der Waals surface area contributed by atoms with Gasteiger partial charge in [0, 0.05) is 30.1 Å². The summed E-state index contributed by atoms with van der Waals surface area (Å²) in [6.45, 7) is -3.03. The fourth-order valence-electron chi connectivity index (χ4n) is 4.65. The molecule has 10 nitrogen and oxygen atoms in total. The summed E-state index contributed by atoms with van der Waals surface area (Å²) in [6.07, 6.45) is -0.749. The minimum atomic E-state index is -4.13. The number of amides is 1. The fraction of sp³-hybridized carbons (Fsp3) is 0.591. The van der Waals surface area contributed by atoms with Crippen LogP contribution >= 0.6 is 23.6 Å². The van der Waals surface area contributed by atoms with Crippen LogP contribution in [0, 0.1) is 5.92 Å². The Balaban J connectivity index is 1.32. The molecule has 2 aromatic heterocycles. The average molecular weight is 611 g/mol. The molecule has 2 heterocycles. The maximum atomic E-state index is 13.5. The van der Waals surface area contributed by atoms with Gasteiger partial charge in [-0.25, -0.2) is 26.6 Å². The Morgan fingerprint density at radius 1 is 1.23 bits per heavy atom. The highest BCUT2D eigenvalue weighted by atomic mass is 32.2. The van der Waals surface area contributed by atoms with Crippen molar-refractivity contribution in [1.29, 1.82) is 0 Å². The number of halogens is 4. The van der Waals surface area contributed by atoms with Gasteiger partial charge in [0.25, 0.3) is 0 Å². The molecular formula is C22H26F4N6O4S3. The Hall–Kier alpha value is -2.50. The maximum Gasteiger partial charge on any atom is 0.388 e. The van der Waals surface area contributed by atoms with Gasteiger partial charge < -0.3 is 20.7 Å². The monoisotopic (exact) mass is 610 g/mol. The zero-order valence-electron chi connectivity index (χ0n) is 20.5. The van der Waals surface area contributed by atoms with Crippen LogP contribution in [-0.2, 0) is 34.7 Å². The summed E-state index contributed by atoms with van der Waals surface area (Å²) >= 11 is 6.51. The number of aryl methyl sites for hydroxylation is 2. The minimum Gasteiger partial charge on any atom is -0.415 e. The van der Waals surface area contributed by atoms with Gasteiger partial charge >= 0.3 is 6.61 Å². The van der Waals surface area contributed by atoms with Crippen molar-refractivity contribution >= 4 is 55.4 Å². The number of rotatable bonds is 9. The van der Waals surface area contributed by atoms with E-state index in [-0.39, 0.29) is 52.6 Å². The third kappa shape index (κ3) is 6.30. The van der Waals surface area contributed by atoms with E-state index in [4.69, 9.17) is 12.2 Å². The number of thiocarbonyl (C=S) groups is 1. The van der Waals surface area contributed by atoms with E-state index in [2.05, 4.69) is 30.5 Å². The molecule has 0 unspecified atom stereocenters. The standard InChI is InChI=1S/C22H26F4N6O4S3/c1-32-16(8-17(30-32)36-21(25)26)28-22(37)27-10-2-3-15-13(6-10)18(39(34,35)31-11-4-9(23)5-11)20(38-15)29-19(33)12-7-14(12)24/h8-12,14,21,31H,2-7H2,1H3,(H,29,33)(H2,27,28,37)/t9-,10-,11+,12-,14-/m0/s1. The lowest BCUT2D eigenvalue weighted by Crippen LogP contribution is -2.45. The van der Waals surface area contributed by atoms with Crippen molar-refractivity contribution in [2.45, 2.75) is 74.5 Å². The SMILES string of the molecule is Cn1nc(OC(F)F)cc1NC(=S)N[C@H]1CCc2sc(NC(=O)[C@H]3C[C@@H]3F)c(S(=O)(=O)N[C@H]3C[C@@H](F)C3)c2C1. The Kier molecular flexibility index (Phi) is 7.78. The smallest absolute Gasteiger partial charge is 0.388 e. The summed E-state index contributed by atoms with van der Waals surface area (Å²) < 4.78 is 86.7. The minimum absolute atomic E-state index is 0.0705. The third-order valence-corrected chi connectivity index (χ3v) is 10.0. The molecule has 0 bridgehead atoms. The molecule has 2 aromatic rings. The van der Waals surface area contributed by atoms with Crippen molar-refractivity contribution in [2.24, 2.45) is 13.0 Å². The highest BCUT2D eigenvalue weighted by Gasteiger charge is 2.45. The van der Waals surface area contributed by atoms with Crippen molar-refractivity contribution in [3.63, 3.8) is 0 Å². The molecule has 0 aromatic carbocycles. The zero-order valence-corrected chi connectivity index (χ0v) is 23.0. The van der Waals surface area contributed by atoms with Crippen LogP contribution in [-0.4, -0.2) is 60.3 Å². The molecule has 1 amide bonds. The molecule has 39 heavy (non-hydrogen) atoms. The second-order valence-corrected chi connectivity index (χ2v) is 13.0. The predicted molar refractivity (Wildman–Crippen MR) is 139 cm³/mol. The number of carbonyl (C=O) groups excluding carboxylic acids is 1. The van der Waals surface area contributed by atoms with E-state index in [1.165, 1.54) is 17.8 Å². The van der Waals surface area contributed by atoms with Crippen molar-refractivity contribution in [3.8, 4) is 5.88 Å². The number of fused-ring (bicyclic) bond motifs is 1. The number of sulfonamides is 1. The first-order valence-electron chi connectivity index (χ1n) is 12.2. The van der Waals surface area contributed by atoms with Gasteiger partial charge in [-0.1, -0.05) is 0 Å². The first-order valence-corrected chi connectivity index (χ1v) is 14.9. The molecule has 214 valence electrons. The number of nitrogens with zero attached hydrogens (tertiary/aromatic N) is 2. The Bertz CT molecular complexity index is 1380. The molecule has 0 radical (unpaired) electrons. The Morgan fingerprint density at radius 3 is 2.59 bits per heavy atom. The van der Waals surface area contributed by atoms with Gasteiger partial charge in [-0.05, 0) is 56.3 Å². The molecule has 3 atom stereocenters.